The highest BCUT2D eigenvalue weighted by Crippen LogP contribution is 2.42. The third-order valence-electron chi connectivity index (χ3n) is 6.77. The van der Waals surface area contributed by atoms with Crippen LogP contribution >= 0.6 is 0 Å². The molecule has 0 bridgehead atoms. The van der Waals surface area contributed by atoms with Crippen molar-refractivity contribution >= 4 is 34.4 Å². The minimum atomic E-state index is -0.913. The second kappa shape index (κ2) is 10.0. The first kappa shape index (κ1) is 25.1. The number of imidazole rings is 1. The molecule has 0 aliphatic carbocycles. The number of fused-ring (bicyclic) bond motifs is 1. The number of aliphatic hydroxyl groups excluding tert-OH is 1. The molecule has 3 aromatic carbocycles. The Morgan fingerprint density at radius 3 is 2.47 bits per heavy atom. The van der Waals surface area contributed by atoms with Crippen LogP contribution in [0.3, 0.4) is 0 Å². The second-order valence-electron chi connectivity index (χ2n) is 9.33. The molecule has 1 aliphatic rings. The molecular weight excluding hydrogens is 482 g/mol. The van der Waals surface area contributed by atoms with Crippen LogP contribution in [0.4, 0.5) is 5.95 Å². The number of anilines is 1. The fourth-order valence-electron chi connectivity index (χ4n) is 4.63. The molecule has 1 fully saturated rings. The average molecular weight is 512 g/mol. The van der Waals surface area contributed by atoms with Gasteiger partial charge < -0.3 is 19.6 Å². The lowest BCUT2D eigenvalue weighted by atomic mass is 9.95. The van der Waals surface area contributed by atoms with E-state index < -0.39 is 17.7 Å². The number of aromatic amines is 1. The number of hydrogen-bond acceptors (Lipinski definition) is 6. The van der Waals surface area contributed by atoms with Gasteiger partial charge in [-0.05, 0) is 73.4 Å². The molecule has 1 saturated heterocycles. The van der Waals surface area contributed by atoms with Crippen molar-refractivity contribution in [3.05, 3.63) is 88.5 Å². The van der Waals surface area contributed by atoms with E-state index in [0.717, 1.165) is 23.1 Å². The number of aromatic nitrogens is 2. The minimum Gasteiger partial charge on any atom is -0.507 e. The number of carbonyl (C=O) groups is 2. The summed E-state index contributed by atoms with van der Waals surface area (Å²) in [5.41, 5.74) is 4.55. The van der Waals surface area contributed by atoms with E-state index in [9.17, 15) is 14.7 Å². The number of hydrogen-bond donors (Lipinski definition) is 2. The van der Waals surface area contributed by atoms with Crippen molar-refractivity contribution in [2.45, 2.75) is 33.2 Å². The van der Waals surface area contributed by atoms with E-state index in [1.54, 1.807) is 55.6 Å². The van der Waals surface area contributed by atoms with Crippen LogP contribution in [-0.4, -0.2) is 40.5 Å². The highest BCUT2D eigenvalue weighted by atomic mass is 16.5. The number of aryl methyl sites for hydroxylation is 2. The molecule has 1 aliphatic heterocycles. The summed E-state index contributed by atoms with van der Waals surface area (Å²) >= 11 is 0. The standard InChI is InChI=1S/C30H29N3O5/c1-5-13-38-22-8-6-7-20(16-22)27(34)25-26(19-9-11-21(37-4)12-10-19)33(29(36)28(25)35)30-31-23-14-17(2)18(3)15-24(23)32-30/h6-12,14-16,26,34H,5,13H2,1-4H3,(H,31,32)/b27-25+. The Hall–Kier alpha value is -4.59. The zero-order chi connectivity index (χ0) is 27.0. The fourth-order valence-corrected chi connectivity index (χ4v) is 4.63. The van der Waals surface area contributed by atoms with E-state index in [-0.39, 0.29) is 17.3 Å². The Balaban J connectivity index is 1.68. The summed E-state index contributed by atoms with van der Waals surface area (Å²) in [6, 6.07) is 16.9. The van der Waals surface area contributed by atoms with Gasteiger partial charge in [-0.3, -0.25) is 14.5 Å². The number of ketones is 1. The van der Waals surface area contributed by atoms with Crippen LogP contribution in [0.5, 0.6) is 11.5 Å². The summed E-state index contributed by atoms with van der Waals surface area (Å²) in [7, 11) is 1.56. The number of nitrogens with one attached hydrogen (secondary N) is 1. The number of aliphatic hydroxyl groups is 1. The summed E-state index contributed by atoms with van der Waals surface area (Å²) in [6.07, 6.45) is 0.829. The van der Waals surface area contributed by atoms with Gasteiger partial charge in [0.1, 0.15) is 17.3 Å². The number of Topliss-reactive ketones (excluding diaryl/α,β-unsaturated/α-hetero) is 1. The summed E-state index contributed by atoms with van der Waals surface area (Å²) in [6.45, 7) is 6.51. The van der Waals surface area contributed by atoms with E-state index in [1.165, 1.54) is 4.90 Å². The van der Waals surface area contributed by atoms with Crippen LogP contribution in [-0.2, 0) is 9.59 Å². The molecular formula is C30H29N3O5. The van der Waals surface area contributed by atoms with E-state index in [2.05, 4.69) is 9.97 Å². The van der Waals surface area contributed by atoms with Crippen molar-refractivity contribution < 1.29 is 24.2 Å². The van der Waals surface area contributed by atoms with Crippen LogP contribution in [0, 0.1) is 13.8 Å². The minimum absolute atomic E-state index is 0.0272. The number of carbonyl (C=O) groups excluding carboxylic acids is 2. The molecule has 2 heterocycles. The lowest BCUT2D eigenvalue weighted by molar-refractivity contribution is -0.132. The summed E-state index contributed by atoms with van der Waals surface area (Å²) < 4.78 is 11.0. The van der Waals surface area contributed by atoms with Crippen LogP contribution in [0.15, 0.2) is 66.2 Å². The van der Waals surface area contributed by atoms with Gasteiger partial charge in [0.05, 0.1) is 36.4 Å². The second-order valence-corrected chi connectivity index (χ2v) is 9.33. The van der Waals surface area contributed by atoms with Gasteiger partial charge in [0.2, 0.25) is 5.95 Å². The number of H-pyrrole nitrogens is 1. The molecule has 1 amide bonds. The van der Waals surface area contributed by atoms with E-state index in [0.29, 0.717) is 34.7 Å². The number of methoxy groups -OCH3 is 1. The number of rotatable bonds is 7. The van der Waals surface area contributed by atoms with E-state index in [4.69, 9.17) is 9.47 Å². The molecule has 2 N–H and O–H groups in total. The summed E-state index contributed by atoms with van der Waals surface area (Å²) in [5.74, 6) is -0.437. The van der Waals surface area contributed by atoms with Gasteiger partial charge in [0.25, 0.3) is 5.78 Å². The van der Waals surface area contributed by atoms with Gasteiger partial charge in [-0.25, -0.2) is 4.98 Å². The molecule has 0 radical (unpaired) electrons. The molecule has 38 heavy (non-hydrogen) atoms. The molecule has 1 aromatic heterocycles. The van der Waals surface area contributed by atoms with Crippen LogP contribution in [0.2, 0.25) is 0 Å². The lowest BCUT2D eigenvalue weighted by Crippen LogP contribution is -2.30. The van der Waals surface area contributed by atoms with Crippen molar-refractivity contribution in [2.75, 3.05) is 18.6 Å². The Labute approximate surface area is 220 Å². The maximum Gasteiger partial charge on any atom is 0.302 e. The zero-order valence-corrected chi connectivity index (χ0v) is 21.7. The SMILES string of the molecule is CCCOc1cccc(/C(O)=C2\C(=O)C(=O)N(c3nc4cc(C)c(C)cc4[nH]3)C2c2ccc(OC)cc2)c1. The quantitative estimate of drug-likeness (QED) is 0.190. The number of benzene rings is 3. The van der Waals surface area contributed by atoms with Crippen LogP contribution in [0.25, 0.3) is 16.8 Å². The zero-order valence-electron chi connectivity index (χ0n) is 21.7. The molecule has 0 spiro atoms. The summed E-state index contributed by atoms with van der Waals surface area (Å²) in [4.78, 5) is 36.2. The third kappa shape index (κ3) is 4.38. The van der Waals surface area contributed by atoms with Gasteiger partial charge in [-0.2, -0.15) is 0 Å². The predicted molar refractivity (Wildman–Crippen MR) is 146 cm³/mol. The molecule has 5 rings (SSSR count). The van der Waals surface area contributed by atoms with Gasteiger partial charge in [0, 0.05) is 5.56 Å². The van der Waals surface area contributed by atoms with Gasteiger partial charge in [-0.15, -0.1) is 0 Å². The van der Waals surface area contributed by atoms with Crippen LogP contribution < -0.4 is 14.4 Å². The first-order chi connectivity index (χ1) is 18.3. The number of ether oxygens (including phenoxy) is 2. The van der Waals surface area contributed by atoms with Crippen LogP contribution in [0.1, 0.15) is 41.6 Å². The monoisotopic (exact) mass is 511 g/mol. The number of nitrogens with zero attached hydrogens (tertiary/aromatic N) is 2. The molecule has 1 unspecified atom stereocenters. The van der Waals surface area contributed by atoms with Crippen molar-refractivity contribution in [1.29, 1.82) is 0 Å². The number of amides is 1. The molecule has 194 valence electrons. The largest absolute Gasteiger partial charge is 0.507 e. The molecule has 8 heteroatoms. The Morgan fingerprint density at radius 1 is 1.03 bits per heavy atom. The predicted octanol–water partition coefficient (Wildman–Crippen LogP) is 5.60. The maximum absolute atomic E-state index is 13.5. The Bertz CT molecular complexity index is 1530. The van der Waals surface area contributed by atoms with E-state index >= 15 is 0 Å². The first-order valence-electron chi connectivity index (χ1n) is 12.5. The molecule has 8 nitrogen and oxygen atoms in total. The van der Waals surface area contributed by atoms with Gasteiger partial charge >= 0.3 is 5.91 Å². The topological polar surface area (TPSA) is 105 Å². The Kier molecular flexibility index (Phi) is 6.63. The lowest BCUT2D eigenvalue weighted by Gasteiger charge is -2.23. The smallest absolute Gasteiger partial charge is 0.302 e. The van der Waals surface area contributed by atoms with E-state index in [1.807, 2.05) is 32.9 Å². The third-order valence-corrected chi connectivity index (χ3v) is 6.77. The molecule has 1 atom stereocenters. The normalized spacial score (nSPS) is 16.8. The summed E-state index contributed by atoms with van der Waals surface area (Å²) in [5, 5.41) is 11.4. The average Bonchev–Trinajstić information content (AvgIpc) is 3.44. The van der Waals surface area contributed by atoms with Crippen molar-refractivity contribution in [1.82, 2.24) is 9.97 Å². The van der Waals surface area contributed by atoms with Gasteiger partial charge in [0.15, 0.2) is 0 Å². The highest BCUT2D eigenvalue weighted by Gasteiger charge is 2.48. The fraction of sp³-hybridized carbons (Fsp3) is 0.233. The Morgan fingerprint density at radius 2 is 1.76 bits per heavy atom. The molecule has 0 saturated carbocycles. The van der Waals surface area contributed by atoms with Crippen molar-refractivity contribution in [3.63, 3.8) is 0 Å². The van der Waals surface area contributed by atoms with Crippen molar-refractivity contribution in [3.8, 4) is 11.5 Å². The van der Waals surface area contributed by atoms with Gasteiger partial charge in [-0.1, -0.05) is 31.2 Å². The highest BCUT2D eigenvalue weighted by molar-refractivity contribution is 6.51. The molecule has 4 aromatic rings. The van der Waals surface area contributed by atoms with Crippen molar-refractivity contribution in [2.24, 2.45) is 0 Å². The maximum atomic E-state index is 13.5. The first-order valence-corrected chi connectivity index (χ1v) is 12.5.